The normalized spacial score (nSPS) is 10.8. The Hall–Kier alpha value is -2.28. The van der Waals surface area contributed by atoms with E-state index in [9.17, 15) is 13.6 Å². The molecule has 0 atom stereocenters. The highest BCUT2D eigenvalue weighted by Crippen LogP contribution is 2.26. The SMILES string of the molecule is CCN(CCO)C(=O)c1cn(C)nc1-c1ccc(F)cc1F. The molecule has 0 aliphatic rings. The molecule has 118 valence electrons. The van der Waals surface area contributed by atoms with Crippen LogP contribution in [-0.2, 0) is 7.05 Å². The average Bonchev–Trinajstić information content (AvgIpc) is 2.85. The van der Waals surface area contributed by atoms with E-state index in [4.69, 9.17) is 5.11 Å². The summed E-state index contributed by atoms with van der Waals surface area (Å²) in [5.74, 6) is -1.83. The molecule has 1 heterocycles. The Morgan fingerprint density at radius 2 is 2.14 bits per heavy atom. The minimum Gasteiger partial charge on any atom is -0.395 e. The van der Waals surface area contributed by atoms with Crippen molar-refractivity contribution in [2.45, 2.75) is 6.92 Å². The van der Waals surface area contributed by atoms with Crippen LogP contribution in [0.2, 0.25) is 0 Å². The number of aryl methyl sites for hydroxylation is 1. The Morgan fingerprint density at radius 3 is 2.73 bits per heavy atom. The largest absolute Gasteiger partial charge is 0.395 e. The second-order valence-electron chi connectivity index (χ2n) is 4.80. The molecule has 1 aromatic heterocycles. The monoisotopic (exact) mass is 309 g/mol. The van der Waals surface area contributed by atoms with E-state index >= 15 is 0 Å². The number of amides is 1. The van der Waals surface area contributed by atoms with Crippen LogP contribution in [0.3, 0.4) is 0 Å². The summed E-state index contributed by atoms with van der Waals surface area (Å²) in [6.45, 7) is 2.19. The van der Waals surface area contributed by atoms with Gasteiger partial charge >= 0.3 is 0 Å². The van der Waals surface area contributed by atoms with E-state index in [2.05, 4.69) is 5.10 Å². The standard InChI is InChI=1S/C15H17F2N3O2/c1-3-20(6-7-21)15(22)12-9-19(2)18-14(12)11-5-4-10(16)8-13(11)17/h4-5,8-9,21H,3,6-7H2,1-2H3. The van der Waals surface area contributed by atoms with Gasteiger partial charge < -0.3 is 10.0 Å². The van der Waals surface area contributed by atoms with Crippen molar-refractivity contribution in [3.63, 3.8) is 0 Å². The maximum atomic E-state index is 14.0. The second-order valence-corrected chi connectivity index (χ2v) is 4.80. The molecule has 0 fully saturated rings. The highest BCUT2D eigenvalue weighted by Gasteiger charge is 2.23. The number of halogens is 2. The number of rotatable bonds is 5. The average molecular weight is 309 g/mol. The summed E-state index contributed by atoms with van der Waals surface area (Å²) in [7, 11) is 1.62. The van der Waals surface area contributed by atoms with E-state index in [1.54, 1.807) is 14.0 Å². The van der Waals surface area contributed by atoms with Crippen LogP contribution in [0.25, 0.3) is 11.3 Å². The summed E-state index contributed by atoms with van der Waals surface area (Å²) in [5.41, 5.74) is 0.426. The summed E-state index contributed by atoms with van der Waals surface area (Å²) in [6.07, 6.45) is 1.49. The second kappa shape index (κ2) is 6.65. The molecule has 0 bridgehead atoms. The summed E-state index contributed by atoms with van der Waals surface area (Å²) in [5, 5.41) is 13.1. The third-order valence-electron chi connectivity index (χ3n) is 3.28. The molecule has 22 heavy (non-hydrogen) atoms. The lowest BCUT2D eigenvalue weighted by molar-refractivity contribution is 0.0732. The van der Waals surface area contributed by atoms with E-state index in [0.717, 1.165) is 12.1 Å². The Bertz CT molecular complexity index is 685. The zero-order valence-corrected chi connectivity index (χ0v) is 12.4. The van der Waals surface area contributed by atoms with Crippen LogP contribution in [0, 0.1) is 11.6 Å². The van der Waals surface area contributed by atoms with Crippen molar-refractivity contribution in [1.29, 1.82) is 0 Å². The molecule has 0 radical (unpaired) electrons. The molecule has 1 N–H and O–H groups in total. The van der Waals surface area contributed by atoms with Gasteiger partial charge in [-0.2, -0.15) is 5.10 Å². The van der Waals surface area contributed by atoms with Crippen LogP contribution < -0.4 is 0 Å². The van der Waals surface area contributed by atoms with Crippen LogP contribution in [0.4, 0.5) is 8.78 Å². The lowest BCUT2D eigenvalue weighted by Crippen LogP contribution is -2.33. The van der Waals surface area contributed by atoms with Gasteiger partial charge in [-0.15, -0.1) is 0 Å². The summed E-state index contributed by atoms with van der Waals surface area (Å²) in [6, 6.07) is 3.13. The molecule has 1 amide bonds. The molecule has 0 unspecified atom stereocenters. The number of aliphatic hydroxyl groups is 1. The number of carbonyl (C=O) groups excluding carboxylic acids is 1. The van der Waals surface area contributed by atoms with Gasteiger partial charge in [0.15, 0.2) is 0 Å². The molecule has 7 heteroatoms. The molecular formula is C15H17F2N3O2. The summed E-state index contributed by atoms with van der Waals surface area (Å²) >= 11 is 0. The maximum absolute atomic E-state index is 14.0. The van der Waals surface area contributed by atoms with Crippen LogP contribution in [0.1, 0.15) is 17.3 Å². The third-order valence-corrected chi connectivity index (χ3v) is 3.28. The first-order valence-electron chi connectivity index (χ1n) is 6.87. The van der Waals surface area contributed by atoms with Crippen LogP contribution >= 0.6 is 0 Å². The number of benzene rings is 1. The minimum atomic E-state index is -0.780. The van der Waals surface area contributed by atoms with Gasteiger partial charge in [0.1, 0.15) is 17.3 Å². The number of aromatic nitrogens is 2. The van der Waals surface area contributed by atoms with Gasteiger partial charge in [-0.1, -0.05) is 0 Å². The summed E-state index contributed by atoms with van der Waals surface area (Å²) in [4.78, 5) is 13.9. The molecule has 5 nitrogen and oxygen atoms in total. The van der Waals surface area contributed by atoms with Gasteiger partial charge in [-0.05, 0) is 19.1 Å². The predicted octanol–water partition coefficient (Wildman–Crippen LogP) is 1.82. The minimum absolute atomic E-state index is 0.0606. The Labute approximate surface area is 126 Å². The quantitative estimate of drug-likeness (QED) is 0.916. The Kier molecular flexibility index (Phi) is 4.87. The topological polar surface area (TPSA) is 58.4 Å². The van der Waals surface area contributed by atoms with Crippen molar-refractivity contribution in [1.82, 2.24) is 14.7 Å². The number of carbonyl (C=O) groups is 1. The van der Waals surface area contributed by atoms with Gasteiger partial charge in [-0.3, -0.25) is 9.48 Å². The van der Waals surface area contributed by atoms with Crippen LogP contribution in [0.5, 0.6) is 0 Å². The predicted molar refractivity (Wildman–Crippen MR) is 77.2 cm³/mol. The van der Waals surface area contributed by atoms with E-state index in [1.807, 2.05) is 0 Å². The zero-order valence-electron chi connectivity index (χ0n) is 12.4. The fraction of sp³-hybridized carbons (Fsp3) is 0.333. The third kappa shape index (κ3) is 3.14. The fourth-order valence-electron chi connectivity index (χ4n) is 2.22. The Balaban J connectivity index is 2.48. The van der Waals surface area contributed by atoms with E-state index < -0.39 is 11.6 Å². The number of hydrogen-bond donors (Lipinski definition) is 1. The number of aliphatic hydroxyl groups excluding tert-OH is 1. The molecule has 0 aliphatic carbocycles. The van der Waals surface area contributed by atoms with Crippen LogP contribution in [0.15, 0.2) is 24.4 Å². The maximum Gasteiger partial charge on any atom is 0.257 e. The molecule has 0 spiro atoms. The molecule has 2 aromatic rings. The molecule has 2 rings (SSSR count). The van der Waals surface area contributed by atoms with Gasteiger partial charge in [-0.25, -0.2) is 8.78 Å². The first kappa shape index (κ1) is 16.1. The first-order valence-corrected chi connectivity index (χ1v) is 6.87. The zero-order chi connectivity index (χ0) is 16.3. The smallest absolute Gasteiger partial charge is 0.257 e. The molecule has 0 aliphatic heterocycles. The van der Waals surface area contributed by atoms with Gasteiger partial charge in [0, 0.05) is 38.0 Å². The molecule has 1 aromatic carbocycles. The van der Waals surface area contributed by atoms with Crippen molar-refractivity contribution in [3.8, 4) is 11.3 Å². The van der Waals surface area contributed by atoms with Crippen molar-refractivity contribution in [2.75, 3.05) is 19.7 Å². The lowest BCUT2D eigenvalue weighted by Gasteiger charge is -2.19. The van der Waals surface area contributed by atoms with E-state index in [1.165, 1.54) is 21.8 Å². The van der Waals surface area contributed by atoms with Crippen LogP contribution in [-0.4, -0.2) is 45.4 Å². The highest BCUT2D eigenvalue weighted by atomic mass is 19.1. The number of nitrogens with zero attached hydrogens (tertiary/aromatic N) is 3. The lowest BCUT2D eigenvalue weighted by atomic mass is 10.1. The van der Waals surface area contributed by atoms with Gasteiger partial charge in [0.05, 0.1) is 12.2 Å². The Morgan fingerprint density at radius 1 is 1.41 bits per heavy atom. The summed E-state index contributed by atoms with van der Waals surface area (Å²) < 4.78 is 28.4. The van der Waals surface area contributed by atoms with Crippen molar-refractivity contribution >= 4 is 5.91 Å². The van der Waals surface area contributed by atoms with Gasteiger partial charge in [0.2, 0.25) is 0 Å². The number of hydrogen-bond acceptors (Lipinski definition) is 3. The number of likely N-dealkylation sites (N-methyl/N-ethyl adjacent to an activating group) is 1. The van der Waals surface area contributed by atoms with E-state index in [0.29, 0.717) is 6.54 Å². The van der Waals surface area contributed by atoms with Gasteiger partial charge in [0.25, 0.3) is 5.91 Å². The van der Waals surface area contributed by atoms with Crippen molar-refractivity contribution in [3.05, 3.63) is 41.6 Å². The van der Waals surface area contributed by atoms with Crippen molar-refractivity contribution in [2.24, 2.45) is 7.05 Å². The fourth-order valence-corrected chi connectivity index (χ4v) is 2.22. The molecular weight excluding hydrogens is 292 g/mol. The molecule has 0 saturated carbocycles. The first-order chi connectivity index (χ1) is 10.5. The van der Waals surface area contributed by atoms with E-state index in [-0.39, 0.29) is 35.9 Å². The highest BCUT2D eigenvalue weighted by molar-refractivity contribution is 5.99. The van der Waals surface area contributed by atoms with Crippen molar-refractivity contribution < 1.29 is 18.7 Å². The molecule has 0 saturated heterocycles.